The average molecular weight is 464 g/mol. The van der Waals surface area contributed by atoms with Crippen molar-refractivity contribution in [2.75, 3.05) is 7.11 Å². The molecule has 1 unspecified atom stereocenters. The van der Waals surface area contributed by atoms with E-state index in [1.54, 1.807) is 19.5 Å². The lowest BCUT2D eigenvalue weighted by molar-refractivity contribution is 0.282. The topological polar surface area (TPSA) is 43.4 Å². The molecule has 0 saturated heterocycles. The van der Waals surface area contributed by atoms with Crippen molar-refractivity contribution in [3.63, 3.8) is 0 Å². The fourth-order valence-corrected chi connectivity index (χ4v) is 3.39. The van der Waals surface area contributed by atoms with Crippen LogP contribution in [0.5, 0.6) is 11.5 Å². The quantitative estimate of drug-likeness (QED) is 0.465. The van der Waals surface area contributed by atoms with Gasteiger partial charge in [-0.3, -0.25) is 4.98 Å². The molecule has 0 radical (unpaired) electrons. The molecule has 3 aromatic rings. The summed E-state index contributed by atoms with van der Waals surface area (Å²) in [5, 5.41) is 3.55. The third-order valence-corrected chi connectivity index (χ3v) is 4.90. The van der Waals surface area contributed by atoms with E-state index >= 15 is 0 Å². The molecule has 0 fully saturated rings. The fraction of sp³-hybridized carbons (Fsp3) is 0.227. The average Bonchev–Trinajstić information content (AvgIpc) is 2.72. The van der Waals surface area contributed by atoms with Gasteiger partial charge in [0.25, 0.3) is 0 Å². The minimum Gasteiger partial charge on any atom is -0.493 e. The predicted octanol–water partition coefficient (Wildman–Crippen LogP) is 5.70. The Bertz CT molecular complexity index is 863. The van der Waals surface area contributed by atoms with E-state index in [0.29, 0.717) is 18.1 Å². The van der Waals surface area contributed by atoms with E-state index in [0.717, 1.165) is 22.1 Å². The van der Waals surface area contributed by atoms with Gasteiger partial charge in [0.1, 0.15) is 6.61 Å². The van der Waals surface area contributed by atoms with E-state index in [9.17, 15) is 0 Å². The minimum atomic E-state index is 0. The highest BCUT2D eigenvalue weighted by molar-refractivity contribution is 9.10. The largest absolute Gasteiger partial charge is 0.493 e. The van der Waals surface area contributed by atoms with Gasteiger partial charge in [-0.05, 0) is 52.2 Å². The third kappa shape index (κ3) is 5.96. The minimum absolute atomic E-state index is 0. The van der Waals surface area contributed by atoms with Crippen molar-refractivity contribution in [1.82, 2.24) is 10.3 Å². The fourth-order valence-electron chi connectivity index (χ4n) is 2.78. The Kier molecular flexibility index (Phi) is 8.77. The van der Waals surface area contributed by atoms with Crippen molar-refractivity contribution >= 4 is 28.3 Å². The Morgan fingerprint density at radius 1 is 1.07 bits per heavy atom. The van der Waals surface area contributed by atoms with Crippen LogP contribution in [0.2, 0.25) is 0 Å². The van der Waals surface area contributed by atoms with E-state index in [2.05, 4.69) is 63.5 Å². The number of hydrogen-bond acceptors (Lipinski definition) is 4. The zero-order valence-electron chi connectivity index (χ0n) is 15.9. The zero-order chi connectivity index (χ0) is 19.1. The van der Waals surface area contributed by atoms with Crippen LogP contribution < -0.4 is 14.8 Å². The molecule has 0 aliphatic heterocycles. The molecule has 0 saturated carbocycles. The van der Waals surface area contributed by atoms with Gasteiger partial charge in [0, 0.05) is 30.5 Å². The molecule has 3 rings (SSSR count). The van der Waals surface area contributed by atoms with Gasteiger partial charge in [-0.15, -0.1) is 12.4 Å². The molecular weight excluding hydrogens is 440 g/mol. The van der Waals surface area contributed by atoms with Crippen molar-refractivity contribution in [2.24, 2.45) is 0 Å². The summed E-state index contributed by atoms with van der Waals surface area (Å²) in [5.74, 6) is 1.40. The highest BCUT2D eigenvalue weighted by atomic mass is 79.9. The van der Waals surface area contributed by atoms with E-state index in [1.807, 2.05) is 24.3 Å². The summed E-state index contributed by atoms with van der Waals surface area (Å²) >= 11 is 3.62. The van der Waals surface area contributed by atoms with Gasteiger partial charge in [0.05, 0.1) is 11.6 Å². The van der Waals surface area contributed by atoms with Crippen molar-refractivity contribution in [1.29, 1.82) is 0 Å². The van der Waals surface area contributed by atoms with Gasteiger partial charge in [-0.2, -0.15) is 0 Å². The maximum atomic E-state index is 5.96. The van der Waals surface area contributed by atoms with E-state index in [1.165, 1.54) is 5.56 Å². The molecule has 6 heteroatoms. The number of pyridine rings is 1. The predicted molar refractivity (Wildman–Crippen MR) is 118 cm³/mol. The first-order valence-electron chi connectivity index (χ1n) is 8.84. The summed E-state index contributed by atoms with van der Waals surface area (Å²) in [6, 6.07) is 18.6. The summed E-state index contributed by atoms with van der Waals surface area (Å²) in [6.45, 7) is 3.33. The Morgan fingerprint density at radius 2 is 1.86 bits per heavy atom. The summed E-state index contributed by atoms with van der Waals surface area (Å²) in [4.78, 5) is 4.11. The van der Waals surface area contributed by atoms with Gasteiger partial charge in [-0.25, -0.2) is 0 Å². The number of benzene rings is 2. The second-order valence-electron chi connectivity index (χ2n) is 6.27. The van der Waals surface area contributed by atoms with E-state index < -0.39 is 0 Å². The van der Waals surface area contributed by atoms with Crippen LogP contribution in [0.25, 0.3) is 0 Å². The molecular formula is C22H24BrClN2O2. The van der Waals surface area contributed by atoms with Crippen molar-refractivity contribution in [3.05, 3.63) is 88.2 Å². The summed E-state index contributed by atoms with van der Waals surface area (Å²) in [7, 11) is 1.66. The van der Waals surface area contributed by atoms with Crippen molar-refractivity contribution < 1.29 is 9.47 Å². The summed E-state index contributed by atoms with van der Waals surface area (Å²) in [5.41, 5.74) is 3.39. The number of hydrogen-bond donors (Lipinski definition) is 1. The van der Waals surface area contributed by atoms with E-state index in [-0.39, 0.29) is 18.4 Å². The maximum Gasteiger partial charge on any atom is 0.175 e. The van der Waals surface area contributed by atoms with Gasteiger partial charge in [-0.1, -0.05) is 36.4 Å². The first-order chi connectivity index (χ1) is 13.2. The third-order valence-electron chi connectivity index (χ3n) is 4.31. The Labute approximate surface area is 180 Å². The number of rotatable bonds is 8. The molecule has 2 aromatic carbocycles. The van der Waals surface area contributed by atoms with Crippen LogP contribution >= 0.6 is 28.3 Å². The van der Waals surface area contributed by atoms with Crippen molar-refractivity contribution in [2.45, 2.75) is 26.1 Å². The van der Waals surface area contributed by atoms with Crippen LogP contribution in [0, 0.1) is 0 Å². The molecule has 0 amide bonds. The normalized spacial score (nSPS) is 11.4. The van der Waals surface area contributed by atoms with Crippen LogP contribution in [-0.4, -0.2) is 12.1 Å². The first-order valence-corrected chi connectivity index (χ1v) is 9.63. The highest BCUT2D eigenvalue weighted by Gasteiger charge is 2.13. The molecule has 1 heterocycles. The lowest BCUT2D eigenvalue weighted by atomic mass is 10.1. The molecule has 1 aromatic heterocycles. The molecule has 0 bridgehead atoms. The standard InChI is InChI=1S/C22H23BrN2O2.ClH/c1-16(19-8-4-3-5-9-19)25-14-18-11-20(23)22(21(12-18)26-2)27-15-17-7-6-10-24-13-17;/h3-13,16,25H,14-15H2,1-2H3;1H. The Hall–Kier alpha value is -2.08. The Morgan fingerprint density at radius 3 is 2.54 bits per heavy atom. The lowest BCUT2D eigenvalue weighted by Gasteiger charge is -2.17. The smallest absolute Gasteiger partial charge is 0.175 e. The Balaban J connectivity index is 0.00000280. The summed E-state index contributed by atoms with van der Waals surface area (Å²) in [6.07, 6.45) is 3.54. The van der Waals surface area contributed by atoms with Crippen LogP contribution in [-0.2, 0) is 13.2 Å². The number of halogens is 2. The molecule has 1 N–H and O–H groups in total. The number of ether oxygens (including phenoxy) is 2. The molecule has 1 atom stereocenters. The van der Waals surface area contributed by atoms with Gasteiger partial charge in [0.2, 0.25) is 0 Å². The van der Waals surface area contributed by atoms with Crippen molar-refractivity contribution in [3.8, 4) is 11.5 Å². The number of methoxy groups -OCH3 is 1. The number of nitrogens with zero attached hydrogens (tertiary/aromatic N) is 1. The van der Waals surface area contributed by atoms with Crippen LogP contribution in [0.1, 0.15) is 29.7 Å². The monoisotopic (exact) mass is 462 g/mol. The van der Waals surface area contributed by atoms with Gasteiger partial charge >= 0.3 is 0 Å². The molecule has 0 spiro atoms. The van der Waals surface area contributed by atoms with Crippen LogP contribution in [0.3, 0.4) is 0 Å². The zero-order valence-corrected chi connectivity index (χ0v) is 18.3. The highest BCUT2D eigenvalue weighted by Crippen LogP contribution is 2.37. The van der Waals surface area contributed by atoms with E-state index in [4.69, 9.17) is 9.47 Å². The SMILES string of the molecule is COc1cc(CNC(C)c2ccccc2)cc(Br)c1OCc1cccnc1.Cl. The van der Waals surface area contributed by atoms with Gasteiger partial charge < -0.3 is 14.8 Å². The number of aromatic nitrogens is 1. The molecule has 148 valence electrons. The molecule has 28 heavy (non-hydrogen) atoms. The number of nitrogens with one attached hydrogen (secondary N) is 1. The second kappa shape index (κ2) is 11.1. The first kappa shape index (κ1) is 22.2. The maximum absolute atomic E-state index is 5.96. The molecule has 0 aliphatic rings. The molecule has 4 nitrogen and oxygen atoms in total. The second-order valence-corrected chi connectivity index (χ2v) is 7.13. The van der Waals surface area contributed by atoms with Gasteiger partial charge in [0.15, 0.2) is 11.5 Å². The molecule has 0 aliphatic carbocycles. The van der Waals surface area contributed by atoms with Crippen LogP contribution in [0.15, 0.2) is 71.5 Å². The van der Waals surface area contributed by atoms with Crippen LogP contribution in [0.4, 0.5) is 0 Å². The lowest BCUT2D eigenvalue weighted by Crippen LogP contribution is -2.18. The summed E-state index contributed by atoms with van der Waals surface area (Å²) < 4.78 is 12.4.